The summed E-state index contributed by atoms with van der Waals surface area (Å²) in [7, 11) is -2.60. The highest BCUT2D eigenvalue weighted by Crippen LogP contribution is 2.38. The lowest BCUT2D eigenvalue weighted by atomic mass is 10.2. The number of carbonyl (C=O) groups is 1. The van der Waals surface area contributed by atoms with Crippen molar-refractivity contribution in [1.82, 2.24) is 0 Å². The maximum Gasteiger partial charge on any atom is 0.339 e. The van der Waals surface area contributed by atoms with Crippen molar-refractivity contribution in [2.24, 2.45) is 0 Å². The van der Waals surface area contributed by atoms with Crippen LogP contribution in [0.15, 0.2) is 87.5 Å². The molecular formula is C24H19NO5S4. The first-order chi connectivity index (χ1) is 16.3. The molecule has 0 atom stereocenters. The van der Waals surface area contributed by atoms with E-state index >= 15 is 0 Å². The minimum Gasteiger partial charge on any atom is -0.493 e. The minimum absolute atomic E-state index is 0.0374. The molecule has 34 heavy (non-hydrogen) atoms. The molecule has 1 amide bonds. The van der Waals surface area contributed by atoms with Crippen molar-refractivity contribution >= 4 is 67.9 Å². The normalized spacial score (nSPS) is 15.1. The summed E-state index contributed by atoms with van der Waals surface area (Å²) >= 11 is 8.25. The third-order valence-corrected chi connectivity index (χ3v) is 8.10. The Morgan fingerprint density at radius 1 is 1.00 bits per heavy atom. The first-order valence-corrected chi connectivity index (χ1v) is 13.8. The van der Waals surface area contributed by atoms with Crippen LogP contribution in [0.2, 0.25) is 0 Å². The average Bonchev–Trinajstić information content (AvgIpc) is 3.12. The Kier molecular flexibility index (Phi) is 7.32. The number of anilines is 1. The zero-order valence-corrected chi connectivity index (χ0v) is 21.4. The third-order valence-electron chi connectivity index (χ3n) is 4.82. The number of rotatable bonds is 7. The summed E-state index contributed by atoms with van der Waals surface area (Å²) in [6, 6.07) is 20.2. The lowest BCUT2D eigenvalue weighted by Gasteiger charge is -2.15. The average molecular weight is 530 g/mol. The highest BCUT2D eigenvalue weighted by atomic mass is 32.2. The quantitative estimate of drug-likeness (QED) is 0.170. The van der Waals surface area contributed by atoms with Crippen molar-refractivity contribution in [1.29, 1.82) is 0 Å². The Morgan fingerprint density at radius 2 is 1.76 bits per heavy atom. The van der Waals surface area contributed by atoms with Gasteiger partial charge in [-0.1, -0.05) is 54.3 Å². The van der Waals surface area contributed by atoms with Crippen LogP contribution < -0.4 is 13.8 Å². The van der Waals surface area contributed by atoms with Gasteiger partial charge in [-0.15, -0.1) is 11.8 Å². The van der Waals surface area contributed by atoms with Crippen LogP contribution in [0.1, 0.15) is 5.56 Å². The molecule has 0 aromatic heterocycles. The fraction of sp³-hybridized carbons (Fsp3) is 0.0833. The van der Waals surface area contributed by atoms with Gasteiger partial charge in [-0.25, -0.2) is 0 Å². The number of nitrogens with zero attached hydrogens (tertiary/aromatic N) is 1. The van der Waals surface area contributed by atoms with E-state index in [0.717, 1.165) is 4.90 Å². The van der Waals surface area contributed by atoms with Crippen LogP contribution in [0.4, 0.5) is 5.69 Å². The fourth-order valence-electron chi connectivity index (χ4n) is 3.19. The standard InChI is InChI=1S/C24H19NO5S4/c1-29-21-13-16(11-12-20(21)30-34(27,28)19-9-4-3-5-10-19)14-22-23(26)25(24(31)33-22)17-7-6-8-18(15-17)32-2/h3-15H,1-2H3/b22-14-. The van der Waals surface area contributed by atoms with E-state index in [4.69, 9.17) is 21.1 Å². The molecule has 3 aromatic carbocycles. The van der Waals surface area contributed by atoms with E-state index in [1.807, 2.05) is 30.5 Å². The van der Waals surface area contributed by atoms with Crippen LogP contribution in [0.5, 0.6) is 11.5 Å². The van der Waals surface area contributed by atoms with Crippen LogP contribution in [0, 0.1) is 0 Å². The summed E-state index contributed by atoms with van der Waals surface area (Å²) < 4.78 is 36.2. The van der Waals surface area contributed by atoms with Crippen molar-refractivity contribution in [2.45, 2.75) is 9.79 Å². The Balaban J connectivity index is 1.60. The van der Waals surface area contributed by atoms with Gasteiger partial charge in [-0.05, 0) is 60.4 Å². The maximum absolute atomic E-state index is 13.1. The van der Waals surface area contributed by atoms with Gasteiger partial charge in [0.15, 0.2) is 15.8 Å². The number of carbonyl (C=O) groups excluding carboxylic acids is 1. The SMILES string of the molecule is COc1cc(/C=C2\SC(=S)N(c3cccc(SC)c3)C2=O)ccc1OS(=O)(=O)c1ccccc1. The largest absolute Gasteiger partial charge is 0.493 e. The number of thiocarbonyl (C=S) groups is 1. The first kappa shape index (κ1) is 24.3. The van der Waals surface area contributed by atoms with Crippen molar-refractivity contribution in [2.75, 3.05) is 18.3 Å². The molecule has 0 bridgehead atoms. The van der Waals surface area contributed by atoms with Gasteiger partial charge in [0.2, 0.25) is 0 Å². The second kappa shape index (κ2) is 10.2. The second-order valence-corrected chi connectivity index (χ2v) is 11.1. The number of ether oxygens (including phenoxy) is 1. The summed E-state index contributed by atoms with van der Waals surface area (Å²) in [5.41, 5.74) is 1.35. The van der Waals surface area contributed by atoms with Crippen molar-refractivity contribution in [3.05, 3.63) is 83.3 Å². The molecule has 0 saturated carbocycles. The number of amides is 1. The zero-order valence-electron chi connectivity index (χ0n) is 18.1. The van der Waals surface area contributed by atoms with Crippen LogP contribution in [0.3, 0.4) is 0 Å². The van der Waals surface area contributed by atoms with E-state index in [0.29, 0.717) is 20.5 Å². The molecule has 10 heteroatoms. The van der Waals surface area contributed by atoms with E-state index in [1.54, 1.807) is 48.2 Å². The van der Waals surface area contributed by atoms with Crippen LogP contribution in [0.25, 0.3) is 6.08 Å². The van der Waals surface area contributed by atoms with Gasteiger partial charge in [0.1, 0.15) is 4.90 Å². The summed E-state index contributed by atoms with van der Waals surface area (Å²) in [5, 5.41) is 0. The molecule has 1 aliphatic rings. The Bertz CT molecular complexity index is 1390. The number of methoxy groups -OCH3 is 1. The molecule has 6 nitrogen and oxygen atoms in total. The predicted molar refractivity (Wildman–Crippen MR) is 141 cm³/mol. The molecule has 174 valence electrons. The summed E-state index contributed by atoms with van der Waals surface area (Å²) in [5.74, 6) is 0.0422. The first-order valence-electron chi connectivity index (χ1n) is 9.92. The summed E-state index contributed by atoms with van der Waals surface area (Å²) in [4.78, 5) is 16.1. The lowest BCUT2D eigenvalue weighted by Crippen LogP contribution is -2.27. The van der Waals surface area contributed by atoms with Gasteiger partial charge in [0, 0.05) is 4.90 Å². The van der Waals surface area contributed by atoms with Crippen LogP contribution in [-0.2, 0) is 14.9 Å². The maximum atomic E-state index is 13.1. The fourth-order valence-corrected chi connectivity index (χ4v) is 5.90. The summed E-state index contributed by atoms with van der Waals surface area (Å²) in [6.45, 7) is 0. The van der Waals surface area contributed by atoms with E-state index < -0.39 is 10.1 Å². The summed E-state index contributed by atoms with van der Waals surface area (Å²) in [6.07, 6.45) is 3.66. The molecule has 4 rings (SSSR count). The monoisotopic (exact) mass is 529 g/mol. The Morgan fingerprint density at radius 3 is 2.47 bits per heavy atom. The highest BCUT2D eigenvalue weighted by Gasteiger charge is 2.33. The van der Waals surface area contributed by atoms with Gasteiger partial charge in [0.05, 0.1) is 17.7 Å². The van der Waals surface area contributed by atoms with Gasteiger partial charge >= 0.3 is 10.1 Å². The van der Waals surface area contributed by atoms with Crippen LogP contribution in [-0.4, -0.2) is 32.0 Å². The molecule has 1 heterocycles. The van der Waals surface area contributed by atoms with Gasteiger partial charge in [-0.3, -0.25) is 9.69 Å². The van der Waals surface area contributed by atoms with Gasteiger partial charge in [0.25, 0.3) is 5.91 Å². The van der Waals surface area contributed by atoms with Crippen LogP contribution >= 0.6 is 35.7 Å². The Labute approximate surface area is 212 Å². The topological polar surface area (TPSA) is 72.9 Å². The Hall–Kier alpha value is -2.79. The predicted octanol–water partition coefficient (Wildman–Crippen LogP) is 5.59. The van der Waals surface area contributed by atoms with Crippen molar-refractivity contribution < 1.29 is 22.1 Å². The number of hydrogen-bond acceptors (Lipinski definition) is 8. The molecule has 3 aromatic rings. The van der Waals surface area contributed by atoms with Crippen molar-refractivity contribution in [3.63, 3.8) is 0 Å². The second-order valence-electron chi connectivity index (χ2n) is 6.98. The van der Waals surface area contributed by atoms with Crippen molar-refractivity contribution in [3.8, 4) is 11.5 Å². The highest BCUT2D eigenvalue weighted by molar-refractivity contribution is 8.27. The molecular weight excluding hydrogens is 511 g/mol. The van der Waals surface area contributed by atoms with Gasteiger partial charge < -0.3 is 8.92 Å². The molecule has 0 aliphatic carbocycles. The molecule has 0 unspecified atom stereocenters. The van der Waals surface area contributed by atoms with E-state index in [-0.39, 0.29) is 22.3 Å². The molecule has 1 saturated heterocycles. The van der Waals surface area contributed by atoms with E-state index in [1.165, 1.54) is 42.0 Å². The molecule has 0 N–H and O–H groups in total. The van der Waals surface area contributed by atoms with E-state index in [2.05, 4.69) is 0 Å². The number of thioether (sulfide) groups is 2. The van der Waals surface area contributed by atoms with Gasteiger partial charge in [-0.2, -0.15) is 8.42 Å². The molecule has 0 spiro atoms. The smallest absolute Gasteiger partial charge is 0.339 e. The molecule has 1 fully saturated rings. The number of benzene rings is 3. The number of hydrogen-bond donors (Lipinski definition) is 0. The minimum atomic E-state index is -4.02. The zero-order chi connectivity index (χ0) is 24.3. The molecule has 1 aliphatic heterocycles. The lowest BCUT2D eigenvalue weighted by molar-refractivity contribution is -0.113. The molecule has 0 radical (unpaired) electrons. The van der Waals surface area contributed by atoms with E-state index in [9.17, 15) is 13.2 Å². The third kappa shape index (κ3) is 5.15.